The van der Waals surface area contributed by atoms with Crippen molar-refractivity contribution < 1.29 is 10.2 Å². The Morgan fingerprint density at radius 1 is 0.636 bits per heavy atom. The fourth-order valence-electron chi connectivity index (χ4n) is 4.93. The minimum absolute atomic E-state index is 0.177. The lowest BCUT2D eigenvalue weighted by molar-refractivity contribution is 0.336. The maximum Gasteiger partial charge on any atom is 0.156 e. The summed E-state index contributed by atoms with van der Waals surface area (Å²) in [6.07, 6.45) is 25.7. The normalized spacial score (nSPS) is 12.8. The molecule has 0 bridgehead atoms. The van der Waals surface area contributed by atoms with Crippen LogP contribution >= 0.6 is 7.26 Å². The number of aliphatic hydroxyl groups is 2. The van der Waals surface area contributed by atoms with Gasteiger partial charge in [0.2, 0.25) is 0 Å². The van der Waals surface area contributed by atoms with Gasteiger partial charge in [-0.25, -0.2) is 0 Å². The minimum Gasteiger partial charge on any atom is -0.362 e. The van der Waals surface area contributed by atoms with Crippen molar-refractivity contribution in [3.05, 3.63) is 35.9 Å². The van der Waals surface area contributed by atoms with Crippen LogP contribution in [0.3, 0.4) is 0 Å². The molecule has 2 nitrogen and oxygen atoms in total. The molecule has 1 atom stereocenters. The summed E-state index contributed by atoms with van der Waals surface area (Å²) in [5.41, 5.74) is 1.26. The van der Waals surface area contributed by atoms with E-state index in [0.717, 1.165) is 24.7 Å². The van der Waals surface area contributed by atoms with E-state index in [1.54, 1.807) is 0 Å². The molecule has 0 aliphatic heterocycles. The third kappa shape index (κ3) is 16.0. The molecule has 1 aromatic rings. The van der Waals surface area contributed by atoms with Gasteiger partial charge in [-0.2, -0.15) is 0 Å². The Morgan fingerprint density at radius 3 is 1.58 bits per heavy atom. The zero-order chi connectivity index (χ0) is 24.0. The topological polar surface area (TPSA) is 40.5 Å². The van der Waals surface area contributed by atoms with Gasteiger partial charge in [-0.15, -0.1) is 0 Å². The molecule has 0 fully saturated rings. The summed E-state index contributed by atoms with van der Waals surface area (Å²) in [4.78, 5) is 0. The smallest absolute Gasteiger partial charge is 0.156 e. The highest BCUT2D eigenvalue weighted by Gasteiger charge is 2.35. The molecule has 3 heteroatoms. The standard InChI is InChI=1S/C30H56O2P/c1-3-4-5-6-12-16-21-29(2)22-17-13-10-8-7-9-11-14-20-25-33(27-31,28-32)26-30-23-18-15-19-24-30/h15,18-19,23-24,29,31-32H,3-14,16-17,20-22,25-28H2,1-2H3/q+1. The van der Waals surface area contributed by atoms with Crippen LogP contribution in [0.4, 0.5) is 0 Å². The van der Waals surface area contributed by atoms with Crippen molar-refractivity contribution in [2.75, 3.05) is 18.9 Å². The van der Waals surface area contributed by atoms with Crippen LogP contribution in [0.5, 0.6) is 0 Å². The molecule has 1 rings (SSSR count). The van der Waals surface area contributed by atoms with Gasteiger partial charge < -0.3 is 10.2 Å². The van der Waals surface area contributed by atoms with Gasteiger partial charge in [-0.05, 0) is 24.3 Å². The summed E-state index contributed by atoms with van der Waals surface area (Å²) >= 11 is 0. The van der Waals surface area contributed by atoms with Crippen molar-refractivity contribution in [2.24, 2.45) is 5.92 Å². The predicted octanol–water partition coefficient (Wildman–Crippen LogP) is 9.39. The molecule has 0 aliphatic carbocycles. The zero-order valence-electron chi connectivity index (χ0n) is 22.2. The number of hydrogen-bond acceptors (Lipinski definition) is 2. The van der Waals surface area contributed by atoms with Gasteiger partial charge in [0, 0.05) is 0 Å². The predicted molar refractivity (Wildman–Crippen MR) is 149 cm³/mol. The first-order chi connectivity index (χ1) is 16.2. The number of benzene rings is 1. The van der Waals surface area contributed by atoms with Crippen molar-refractivity contribution in [3.63, 3.8) is 0 Å². The van der Waals surface area contributed by atoms with Crippen LogP contribution in [0.25, 0.3) is 0 Å². The van der Waals surface area contributed by atoms with E-state index in [1.165, 1.54) is 108 Å². The number of hydrogen-bond donors (Lipinski definition) is 2. The molecule has 0 aromatic heterocycles. The number of aliphatic hydroxyl groups excluding tert-OH is 2. The molecule has 33 heavy (non-hydrogen) atoms. The van der Waals surface area contributed by atoms with Gasteiger partial charge in [0.25, 0.3) is 0 Å². The second-order valence-corrected chi connectivity index (χ2v) is 14.6. The van der Waals surface area contributed by atoms with Crippen LogP contribution < -0.4 is 0 Å². The second-order valence-electron chi connectivity index (χ2n) is 10.6. The Bertz CT molecular complexity index is 529. The zero-order valence-corrected chi connectivity index (χ0v) is 23.0. The molecule has 0 saturated carbocycles. The van der Waals surface area contributed by atoms with Gasteiger partial charge >= 0.3 is 0 Å². The quantitative estimate of drug-likeness (QED) is 0.121. The van der Waals surface area contributed by atoms with Crippen LogP contribution in [0.2, 0.25) is 0 Å². The van der Waals surface area contributed by atoms with Crippen LogP contribution in [0.1, 0.15) is 129 Å². The molecule has 0 radical (unpaired) electrons. The second kappa shape index (κ2) is 20.9. The largest absolute Gasteiger partial charge is 0.362 e. The van der Waals surface area contributed by atoms with Crippen LogP contribution in [0.15, 0.2) is 30.3 Å². The van der Waals surface area contributed by atoms with E-state index in [0.29, 0.717) is 0 Å². The highest BCUT2D eigenvalue weighted by molar-refractivity contribution is 7.74. The first-order valence-electron chi connectivity index (χ1n) is 14.3. The summed E-state index contributed by atoms with van der Waals surface area (Å²) in [6, 6.07) is 10.4. The molecule has 1 aromatic carbocycles. The van der Waals surface area contributed by atoms with Crippen molar-refractivity contribution in [2.45, 2.75) is 129 Å². The molecular weight excluding hydrogens is 423 g/mol. The molecule has 0 heterocycles. The van der Waals surface area contributed by atoms with Gasteiger partial charge in [0.1, 0.15) is 0 Å². The summed E-state index contributed by atoms with van der Waals surface area (Å²) in [5.74, 6) is 0.922. The van der Waals surface area contributed by atoms with Crippen molar-refractivity contribution in [3.8, 4) is 0 Å². The lowest BCUT2D eigenvalue weighted by Gasteiger charge is -2.23. The van der Waals surface area contributed by atoms with Gasteiger partial charge in [0.05, 0.1) is 19.6 Å². The Labute approximate surface area is 207 Å². The summed E-state index contributed by atoms with van der Waals surface area (Å²) < 4.78 is 0. The number of unbranched alkanes of at least 4 members (excludes halogenated alkanes) is 13. The van der Waals surface area contributed by atoms with Crippen molar-refractivity contribution in [1.82, 2.24) is 0 Å². The van der Waals surface area contributed by atoms with Crippen LogP contribution in [-0.4, -0.2) is 29.1 Å². The monoisotopic (exact) mass is 479 g/mol. The minimum atomic E-state index is -1.67. The van der Waals surface area contributed by atoms with Gasteiger partial charge in [-0.1, -0.05) is 140 Å². The van der Waals surface area contributed by atoms with E-state index in [4.69, 9.17) is 0 Å². The molecule has 2 N–H and O–H groups in total. The average Bonchev–Trinajstić information content (AvgIpc) is 2.84. The molecule has 0 aliphatic rings. The highest BCUT2D eigenvalue weighted by Crippen LogP contribution is 2.60. The van der Waals surface area contributed by atoms with Gasteiger partial charge in [-0.3, -0.25) is 0 Å². The lowest BCUT2D eigenvalue weighted by Crippen LogP contribution is -2.10. The van der Waals surface area contributed by atoms with E-state index < -0.39 is 7.26 Å². The van der Waals surface area contributed by atoms with E-state index in [9.17, 15) is 10.2 Å². The first-order valence-corrected chi connectivity index (χ1v) is 16.8. The number of rotatable bonds is 23. The van der Waals surface area contributed by atoms with Crippen LogP contribution in [-0.2, 0) is 6.16 Å². The maximum atomic E-state index is 9.99. The first kappa shape index (κ1) is 30.6. The lowest BCUT2D eigenvalue weighted by atomic mass is 9.96. The fraction of sp³-hybridized carbons (Fsp3) is 0.800. The Kier molecular flexibility index (Phi) is 19.4. The Balaban J connectivity index is 1.95. The molecular formula is C30H56O2P+. The maximum absolute atomic E-state index is 9.99. The average molecular weight is 480 g/mol. The van der Waals surface area contributed by atoms with Crippen molar-refractivity contribution >= 4 is 7.26 Å². The van der Waals surface area contributed by atoms with Gasteiger partial charge in [0.15, 0.2) is 12.7 Å². The van der Waals surface area contributed by atoms with E-state index in [1.807, 2.05) is 6.07 Å². The molecule has 1 unspecified atom stereocenters. The summed E-state index contributed by atoms with van der Waals surface area (Å²) in [7, 11) is -1.67. The molecule has 0 spiro atoms. The molecule has 192 valence electrons. The Morgan fingerprint density at radius 2 is 1.09 bits per heavy atom. The van der Waals surface area contributed by atoms with Crippen molar-refractivity contribution in [1.29, 1.82) is 0 Å². The third-order valence-corrected chi connectivity index (χ3v) is 10.8. The molecule has 0 saturated heterocycles. The SMILES string of the molecule is CCCCCCCCC(C)CCCCCCCCCCC[P+](CO)(CO)Cc1ccccc1. The van der Waals surface area contributed by atoms with Crippen LogP contribution in [0, 0.1) is 5.92 Å². The summed E-state index contributed by atoms with van der Waals surface area (Å²) in [5, 5.41) is 20.0. The Hall–Kier alpha value is -0.430. The van der Waals surface area contributed by atoms with E-state index in [2.05, 4.69) is 38.1 Å². The van der Waals surface area contributed by atoms with E-state index in [-0.39, 0.29) is 12.7 Å². The third-order valence-electron chi connectivity index (χ3n) is 7.34. The highest BCUT2D eigenvalue weighted by atomic mass is 31.2. The van der Waals surface area contributed by atoms with E-state index >= 15 is 0 Å². The fourth-order valence-corrected chi connectivity index (χ4v) is 7.54. The summed E-state index contributed by atoms with van der Waals surface area (Å²) in [6.45, 7) is 4.75. The molecule has 0 amide bonds.